The van der Waals surface area contributed by atoms with Gasteiger partial charge in [0, 0.05) is 23.4 Å². The maximum absolute atomic E-state index is 12.4. The van der Waals surface area contributed by atoms with Crippen molar-refractivity contribution in [3.63, 3.8) is 0 Å². The van der Waals surface area contributed by atoms with E-state index in [1.54, 1.807) is 24.3 Å². The number of alkyl halides is 3. The molecule has 0 aromatic heterocycles. The van der Waals surface area contributed by atoms with Crippen LogP contribution in [0.25, 0.3) is 0 Å². The maximum atomic E-state index is 12.4. The fraction of sp³-hybridized carbons (Fsp3) is 0.176. The minimum atomic E-state index is -1.90. The molecule has 1 amide bonds. The number of nitro groups is 1. The average Bonchev–Trinajstić information content (AvgIpc) is 2.61. The quantitative estimate of drug-likeness (QED) is 0.202. The molecule has 0 aliphatic carbocycles. The van der Waals surface area contributed by atoms with E-state index in [4.69, 9.17) is 47.0 Å². The van der Waals surface area contributed by atoms with Crippen LogP contribution >= 0.6 is 47.0 Å². The lowest BCUT2D eigenvalue weighted by Crippen LogP contribution is -2.56. The summed E-state index contributed by atoms with van der Waals surface area (Å²) in [6.07, 6.45) is -1.13. The fourth-order valence-electron chi connectivity index (χ4n) is 2.08. The molecule has 0 saturated heterocycles. The summed E-state index contributed by atoms with van der Waals surface area (Å²) in [5.74, 6) is -0.457. The van der Waals surface area contributed by atoms with Gasteiger partial charge in [0.05, 0.1) is 4.92 Å². The number of anilines is 1. The molecule has 0 unspecified atom stereocenters. The number of carbonyl (C=O) groups is 1. The molecule has 2 rings (SSSR count). The first-order chi connectivity index (χ1) is 13.1. The Morgan fingerprint density at radius 3 is 2.14 bits per heavy atom. The zero-order valence-corrected chi connectivity index (χ0v) is 17.5. The molecule has 7 nitrogen and oxygen atoms in total. The molecule has 28 heavy (non-hydrogen) atoms. The topological polar surface area (TPSA) is 96.3 Å². The summed E-state index contributed by atoms with van der Waals surface area (Å²) in [5.41, 5.74) is 1.81. The van der Waals surface area contributed by atoms with Crippen molar-refractivity contribution in [2.45, 2.75) is 16.9 Å². The number of amides is 1. The molecule has 148 valence electrons. The number of thiocarbonyl (C=S) groups is 1. The van der Waals surface area contributed by atoms with Gasteiger partial charge in [-0.1, -0.05) is 52.5 Å². The van der Waals surface area contributed by atoms with E-state index >= 15 is 0 Å². The molecule has 0 aliphatic heterocycles. The van der Waals surface area contributed by atoms with Crippen molar-refractivity contribution in [1.82, 2.24) is 10.6 Å². The Balaban J connectivity index is 2.04. The fourth-order valence-corrected chi connectivity index (χ4v) is 2.65. The number of rotatable bonds is 5. The molecule has 0 fully saturated rings. The standard InChI is InChI=1S/C17H15Cl3N4O3S/c1-10-2-4-11(5-3-10)14(25)22-15(17(18,19)20)23-16(28)21-12-6-8-13(9-7-12)24(26)27/h2-9,15H,1H3,(H,22,25)(H2,21,23,28)/t15-/m1/s1. The summed E-state index contributed by atoms with van der Waals surface area (Å²) < 4.78 is -1.90. The Morgan fingerprint density at radius 1 is 1.07 bits per heavy atom. The van der Waals surface area contributed by atoms with E-state index in [-0.39, 0.29) is 10.8 Å². The lowest BCUT2D eigenvalue weighted by Gasteiger charge is -2.27. The molecule has 11 heteroatoms. The normalized spacial score (nSPS) is 12.0. The first-order valence-electron chi connectivity index (χ1n) is 7.82. The third-order valence-corrected chi connectivity index (χ3v) is 4.40. The van der Waals surface area contributed by atoms with Crippen LogP contribution in [0.5, 0.6) is 0 Å². The molecule has 0 heterocycles. The molecule has 0 radical (unpaired) electrons. The van der Waals surface area contributed by atoms with Crippen LogP contribution in [0.1, 0.15) is 15.9 Å². The first kappa shape index (κ1) is 22.2. The van der Waals surface area contributed by atoms with E-state index in [0.717, 1.165) is 5.56 Å². The third-order valence-electron chi connectivity index (χ3n) is 3.53. The van der Waals surface area contributed by atoms with Crippen LogP contribution in [-0.4, -0.2) is 25.9 Å². The smallest absolute Gasteiger partial charge is 0.269 e. The Labute approximate surface area is 181 Å². The van der Waals surface area contributed by atoms with Crippen LogP contribution in [0.2, 0.25) is 0 Å². The number of carbonyl (C=O) groups excluding carboxylic acids is 1. The van der Waals surface area contributed by atoms with Crippen LogP contribution in [0.3, 0.4) is 0 Å². The van der Waals surface area contributed by atoms with Gasteiger partial charge in [-0.2, -0.15) is 0 Å². The summed E-state index contributed by atoms with van der Waals surface area (Å²) in [5, 5.41) is 18.8. The number of benzene rings is 2. The number of hydrogen-bond acceptors (Lipinski definition) is 4. The third kappa shape index (κ3) is 6.49. The highest BCUT2D eigenvalue weighted by Gasteiger charge is 2.34. The molecular formula is C17H15Cl3N4O3S. The van der Waals surface area contributed by atoms with Crippen LogP contribution in [-0.2, 0) is 0 Å². The predicted molar refractivity (Wildman–Crippen MR) is 115 cm³/mol. The molecule has 0 spiro atoms. The number of aryl methyl sites for hydroxylation is 1. The molecule has 2 aromatic carbocycles. The van der Waals surface area contributed by atoms with Gasteiger partial charge in [0.2, 0.25) is 3.79 Å². The van der Waals surface area contributed by atoms with Crippen molar-refractivity contribution in [1.29, 1.82) is 0 Å². The van der Waals surface area contributed by atoms with Crippen molar-refractivity contribution in [3.05, 3.63) is 69.8 Å². The van der Waals surface area contributed by atoms with E-state index in [1.807, 2.05) is 6.92 Å². The monoisotopic (exact) mass is 460 g/mol. The number of non-ortho nitro benzene ring substituents is 1. The number of halogens is 3. The molecule has 3 N–H and O–H groups in total. The SMILES string of the molecule is Cc1ccc(C(=O)N[C@H](NC(=S)Nc2ccc([N+](=O)[O-])cc2)C(Cl)(Cl)Cl)cc1. The Morgan fingerprint density at radius 2 is 1.64 bits per heavy atom. The largest absolute Gasteiger partial charge is 0.339 e. The van der Waals surface area contributed by atoms with Crippen LogP contribution in [0.4, 0.5) is 11.4 Å². The summed E-state index contributed by atoms with van der Waals surface area (Å²) in [4.78, 5) is 22.6. The van der Waals surface area contributed by atoms with E-state index < -0.39 is 20.8 Å². The van der Waals surface area contributed by atoms with Gasteiger partial charge in [0.15, 0.2) is 5.11 Å². The zero-order valence-electron chi connectivity index (χ0n) is 14.4. The number of nitrogens with zero attached hydrogens (tertiary/aromatic N) is 1. The van der Waals surface area contributed by atoms with Gasteiger partial charge in [-0.05, 0) is 43.4 Å². The number of hydrogen-bond donors (Lipinski definition) is 3. The van der Waals surface area contributed by atoms with E-state index in [2.05, 4.69) is 16.0 Å². The highest BCUT2D eigenvalue weighted by molar-refractivity contribution is 7.80. The van der Waals surface area contributed by atoms with Gasteiger partial charge in [-0.15, -0.1) is 0 Å². The maximum Gasteiger partial charge on any atom is 0.269 e. The minimum Gasteiger partial charge on any atom is -0.339 e. The Bertz CT molecular complexity index is 871. The summed E-state index contributed by atoms with van der Waals surface area (Å²) in [7, 11) is 0. The summed E-state index contributed by atoms with van der Waals surface area (Å²) >= 11 is 23.0. The van der Waals surface area contributed by atoms with Gasteiger partial charge >= 0.3 is 0 Å². The molecule has 2 aromatic rings. The minimum absolute atomic E-state index is 0.0504. The molecular weight excluding hydrogens is 447 g/mol. The van der Waals surface area contributed by atoms with E-state index in [1.165, 1.54) is 24.3 Å². The molecule has 0 saturated carbocycles. The molecule has 0 aliphatic rings. The van der Waals surface area contributed by atoms with Gasteiger partial charge < -0.3 is 16.0 Å². The van der Waals surface area contributed by atoms with Gasteiger partial charge in [-0.3, -0.25) is 14.9 Å². The zero-order chi connectivity index (χ0) is 20.9. The number of nitrogens with one attached hydrogen (secondary N) is 3. The van der Waals surface area contributed by atoms with Crippen LogP contribution in [0, 0.1) is 17.0 Å². The second-order valence-corrected chi connectivity index (χ2v) is 8.49. The molecule has 1 atom stereocenters. The highest BCUT2D eigenvalue weighted by Crippen LogP contribution is 2.29. The van der Waals surface area contributed by atoms with Gasteiger partial charge in [0.1, 0.15) is 6.17 Å². The Kier molecular flexibility index (Phi) is 7.42. The lowest BCUT2D eigenvalue weighted by molar-refractivity contribution is -0.384. The predicted octanol–water partition coefficient (Wildman–Crippen LogP) is 4.32. The average molecular weight is 462 g/mol. The van der Waals surface area contributed by atoms with Gasteiger partial charge in [0.25, 0.3) is 11.6 Å². The number of nitro benzene ring substituents is 1. The first-order valence-corrected chi connectivity index (χ1v) is 9.36. The van der Waals surface area contributed by atoms with Crippen molar-refractivity contribution < 1.29 is 9.72 Å². The van der Waals surface area contributed by atoms with Gasteiger partial charge in [-0.25, -0.2) is 0 Å². The van der Waals surface area contributed by atoms with Crippen molar-refractivity contribution in [2.24, 2.45) is 0 Å². The molecule has 0 bridgehead atoms. The van der Waals surface area contributed by atoms with Crippen molar-refractivity contribution in [2.75, 3.05) is 5.32 Å². The highest BCUT2D eigenvalue weighted by atomic mass is 35.6. The van der Waals surface area contributed by atoms with Crippen molar-refractivity contribution in [3.8, 4) is 0 Å². The summed E-state index contributed by atoms with van der Waals surface area (Å²) in [6.45, 7) is 1.90. The van der Waals surface area contributed by atoms with Crippen LogP contribution < -0.4 is 16.0 Å². The second kappa shape index (κ2) is 9.38. The van der Waals surface area contributed by atoms with Crippen molar-refractivity contribution >= 4 is 69.4 Å². The summed E-state index contributed by atoms with van der Waals surface area (Å²) in [6, 6.07) is 12.4. The second-order valence-electron chi connectivity index (χ2n) is 5.72. The van der Waals surface area contributed by atoms with E-state index in [9.17, 15) is 14.9 Å². The lowest BCUT2D eigenvalue weighted by atomic mass is 10.1. The van der Waals surface area contributed by atoms with Crippen LogP contribution in [0.15, 0.2) is 48.5 Å². The van der Waals surface area contributed by atoms with E-state index in [0.29, 0.717) is 11.3 Å². The Hall–Kier alpha value is -2.13.